The molecule has 0 bridgehead atoms. The number of hydrogen-bond acceptors (Lipinski definition) is 6. The number of nitrogens with zero attached hydrogens (tertiary/aromatic N) is 5. The summed E-state index contributed by atoms with van der Waals surface area (Å²) in [7, 11) is 0. The number of nitrogens with two attached hydrogens (primary N) is 1. The van der Waals surface area contributed by atoms with E-state index in [0.29, 0.717) is 11.7 Å². The van der Waals surface area contributed by atoms with Gasteiger partial charge in [0.2, 0.25) is 0 Å². The number of aryl methyl sites for hydroxylation is 1. The summed E-state index contributed by atoms with van der Waals surface area (Å²) in [6.45, 7) is 3.68. The van der Waals surface area contributed by atoms with Gasteiger partial charge in [0.05, 0.1) is 6.20 Å². The molecule has 1 aliphatic heterocycles. The zero-order chi connectivity index (χ0) is 16.2. The Morgan fingerprint density at radius 3 is 3.00 bits per heavy atom. The Morgan fingerprint density at radius 1 is 1.39 bits per heavy atom. The minimum Gasteiger partial charge on any atom is -0.364 e. The van der Waals surface area contributed by atoms with E-state index >= 15 is 0 Å². The Hall–Kier alpha value is -2.57. The molecule has 0 aliphatic carbocycles. The van der Waals surface area contributed by atoms with Gasteiger partial charge in [-0.3, -0.25) is 9.78 Å². The zero-order valence-corrected chi connectivity index (χ0v) is 13.1. The predicted molar refractivity (Wildman–Crippen MR) is 86.0 cm³/mol. The average Bonchev–Trinajstić information content (AvgIpc) is 2.55. The summed E-state index contributed by atoms with van der Waals surface area (Å²) >= 11 is 0. The molecule has 3 heterocycles. The summed E-state index contributed by atoms with van der Waals surface area (Å²) in [5, 5.41) is 0. The SMILES string of the molecule is Cc1nc(C[C@@H]2CCCN(c3cnccn3)C2)cc(C(N)=O)n1. The topological polar surface area (TPSA) is 97.9 Å². The molecule has 1 atom stereocenters. The summed E-state index contributed by atoms with van der Waals surface area (Å²) in [6.07, 6.45) is 8.23. The monoisotopic (exact) mass is 312 g/mol. The highest BCUT2D eigenvalue weighted by Crippen LogP contribution is 2.23. The fourth-order valence-corrected chi connectivity index (χ4v) is 3.05. The maximum absolute atomic E-state index is 11.3. The Morgan fingerprint density at radius 2 is 2.26 bits per heavy atom. The fourth-order valence-electron chi connectivity index (χ4n) is 3.05. The number of anilines is 1. The molecule has 0 aromatic carbocycles. The van der Waals surface area contributed by atoms with Gasteiger partial charge in [0.1, 0.15) is 17.3 Å². The van der Waals surface area contributed by atoms with E-state index in [2.05, 4.69) is 24.8 Å². The van der Waals surface area contributed by atoms with Gasteiger partial charge in [0, 0.05) is 31.2 Å². The molecule has 1 saturated heterocycles. The van der Waals surface area contributed by atoms with Crippen LogP contribution in [0.25, 0.3) is 0 Å². The van der Waals surface area contributed by atoms with Gasteiger partial charge in [-0.15, -0.1) is 0 Å². The molecule has 0 spiro atoms. The highest BCUT2D eigenvalue weighted by molar-refractivity contribution is 5.90. The molecule has 1 aliphatic rings. The van der Waals surface area contributed by atoms with Gasteiger partial charge < -0.3 is 10.6 Å². The lowest BCUT2D eigenvalue weighted by molar-refractivity contribution is 0.0995. The first-order chi connectivity index (χ1) is 11.1. The predicted octanol–water partition coefficient (Wildman–Crippen LogP) is 1.13. The molecule has 7 nitrogen and oxygen atoms in total. The van der Waals surface area contributed by atoms with Crippen molar-refractivity contribution in [1.29, 1.82) is 0 Å². The van der Waals surface area contributed by atoms with Crippen LogP contribution >= 0.6 is 0 Å². The number of carbonyl (C=O) groups is 1. The zero-order valence-electron chi connectivity index (χ0n) is 13.1. The van der Waals surface area contributed by atoms with Crippen LogP contribution in [-0.4, -0.2) is 38.9 Å². The van der Waals surface area contributed by atoms with E-state index in [1.165, 1.54) is 0 Å². The molecule has 2 aromatic heterocycles. The normalized spacial score (nSPS) is 18.0. The van der Waals surface area contributed by atoms with Gasteiger partial charge >= 0.3 is 0 Å². The van der Waals surface area contributed by atoms with E-state index in [1.54, 1.807) is 31.6 Å². The van der Waals surface area contributed by atoms with Crippen molar-refractivity contribution in [1.82, 2.24) is 19.9 Å². The number of aromatic nitrogens is 4. The van der Waals surface area contributed by atoms with Crippen molar-refractivity contribution >= 4 is 11.7 Å². The second kappa shape index (κ2) is 6.68. The van der Waals surface area contributed by atoms with Crippen LogP contribution in [0, 0.1) is 12.8 Å². The average molecular weight is 312 g/mol. The second-order valence-corrected chi connectivity index (χ2v) is 5.88. The van der Waals surface area contributed by atoms with Crippen molar-refractivity contribution < 1.29 is 4.79 Å². The van der Waals surface area contributed by atoms with E-state index in [1.807, 2.05) is 0 Å². The first-order valence-corrected chi connectivity index (χ1v) is 7.77. The van der Waals surface area contributed by atoms with E-state index in [0.717, 1.165) is 43.9 Å². The molecule has 0 saturated carbocycles. The van der Waals surface area contributed by atoms with Gasteiger partial charge in [-0.25, -0.2) is 15.0 Å². The van der Waals surface area contributed by atoms with Crippen molar-refractivity contribution in [2.45, 2.75) is 26.2 Å². The maximum Gasteiger partial charge on any atom is 0.267 e. The smallest absolute Gasteiger partial charge is 0.267 e. The molecular weight excluding hydrogens is 292 g/mol. The van der Waals surface area contributed by atoms with Crippen molar-refractivity contribution in [2.75, 3.05) is 18.0 Å². The lowest BCUT2D eigenvalue weighted by Crippen LogP contribution is -2.37. The Bertz CT molecular complexity index is 690. The third kappa shape index (κ3) is 3.80. The number of primary amides is 1. The number of amides is 1. The Balaban J connectivity index is 1.72. The number of carbonyl (C=O) groups excluding carboxylic acids is 1. The van der Waals surface area contributed by atoms with Crippen molar-refractivity contribution in [3.8, 4) is 0 Å². The third-order valence-corrected chi connectivity index (χ3v) is 4.03. The highest BCUT2D eigenvalue weighted by atomic mass is 16.1. The minimum atomic E-state index is -0.512. The lowest BCUT2D eigenvalue weighted by Gasteiger charge is -2.33. The lowest BCUT2D eigenvalue weighted by atomic mass is 9.93. The molecule has 23 heavy (non-hydrogen) atoms. The Labute approximate surface area is 135 Å². The maximum atomic E-state index is 11.3. The molecule has 1 amide bonds. The first-order valence-electron chi connectivity index (χ1n) is 7.77. The van der Waals surface area contributed by atoms with E-state index in [-0.39, 0.29) is 5.69 Å². The number of rotatable bonds is 4. The molecular formula is C16H20N6O. The molecule has 3 rings (SSSR count). The standard InChI is InChI=1S/C16H20N6O/c1-11-20-13(8-14(21-11)16(17)23)7-12-3-2-6-22(10-12)15-9-18-4-5-19-15/h4-5,8-9,12H,2-3,6-7,10H2,1H3,(H2,17,23)/t12-/m0/s1. The highest BCUT2D eigenvalue weighted by Gasteiger charge is 2.22. The van der Waals surface area contributed by atoms with Crippen LogP contribution < -0.4 is 10.6 Å². The van der Waals surface area contributed by atoms with Crippen LogP contribution in [0.5, 0.6) is 0 Å². The van der Waals surface area contributed by atoms with E-state index in [9.17, 15) is 4.79 Å². The van der Waals surface area contributed by atoms with E-state index < -0.39 is 5.91 Å². The van der Waals surface area contributed by atoms with Crippen molar-refractivity contribution in [2.24, 2.45) is 11.7 Å². The summed E-state index contributed by atoms with van der Waals surface area (Å²) in [5.74, 6) is 1.44. The molecule has 0 radical (unpaired) electrons. The second-order valence-electron chi connectivity index (χ2n) is 5.88. The van der Waals surface area contributed by atoms with Crippen LogP contribution in [0.3, 0.4) is 0 Å². The quantitative estimate of drug-likeness (QED) is 0.909. The van der Waals surface area contributed by atoms with Gasteiger partial charge in [-0.05, 0) is 38.2 Å². The third-order valence-electron chi connectivity index (χ3n) is 4.03. The largest absolute Gasteiger partial charge is 0.364 e. The summed E-state index contributed by atoms with van der Waals surface area (Å²) in [4.78, 5) is 30.6. The van der Waals surface area contributed by atoms with Gasteiger partial charge in [0.25, 0.3) is 5.91 Å². The minimum absolute atomic E-state index is 0.286. The molecule has 1 fully saturated rings. The summed E-state index contributed by atoms with van der Waals surface area (Å²) in [5.41, 5.74) is 6.49. The van der Waals surface area contributed by atoms with Crippen LogP contribution in [0.1, 0.15) is 34.8 Å². The van der Waals surface area contributed by atoms with Gasteiger partial charge in [-0.2, -0.15) is 0 Å². The molecule has 0 unspecified atom stereocenters. The van der Waals surface area contributed by atoms with Gasteiger partial charge in [0.15, 0.2) is 0 Å². The fraction of sp³-hybridized carbons (Fsp3) is 0.438. The van der Waals surface area contributed by atoms with Crippen LogP contribution in [0.15, 0.2) is 24.7 Å². The molecule has 7 heteroatoms. The van der Waals surface area contributed by atoms with Crippen LogP contribution in [0.4, 0.5) is 5.82 Å². The van der Waals surface area contributed by atoms with E-state index in [4.69, 9.17) is 5.73 Å². The van der Waals surface area contributed by atoms with Crippen molar-refractivity contribution in [3.05, 3.63) is 41.9 Å². The van der Waals surface area contributed by atoms with Gasteiger partial charge in [-0.1, -0.05) is 0 Å². The summed E-state index contributed by atoms with van der Waals surface area (Å²) in [6, 6.07) is 1.70. The first kappa shape index (κ1) is 15.3. The molecule has 2 N–H and O–H groups in total. The van der Waals surface area contributed by atoms with Crippen LogP contribution in [0.2, 0.25) is 0 Å². The molecule has 2 aromatic rings. The number of hydrogen-bond donors (Lipinski definition) is 1. The number of piperidine rings is 1. The summed E-state index contributed by atoms with van der Waals surface area (Å²) < 4.78 is 0. The van der Waals surface area contributed by atoms with Crippen LogP contribution in [-0.2, 0) is 6.42 Å². The molecule has 120 valence electrons. The Kier molecular flexibility index (Phi) is 4.45. The van der Waals surface area contributed by atoms with Crippen molar-refractivity contribution in [3.63, 3.8) is 0 Å².